The van der Waals surface area contributed by atoms with Crippen LogP contribution < -0.4 is 14.8 Å². The van der Waals surface area contributed by atoms with Gasteiger partial charge in [0.15, 0.2) is 0 Å². The largest absolute Gasteiger partial charge is 0.497 e. The Bertz CT molecular complexity index is 687. The minimum absolute atomic E-state index is 0.0157. The number of methoxy groups -OCH3 is 2. The molecule has 0 heterocycles. The standard InChI is InChI=1S/C23H36N2O4/c1-5-13-25(20-15-21(29-6-2)23(20)11-7-8-12-23)16-22(26)24-18-14-17(27-3)9-10-19(18)28-4/h9-10,14,20-21H,5-8,11-13,15-16H2,1-4H3,(H,24,26)/t20-,21+/m0/s1. The maximum Gasteiger partial charge on any atom is 0.238 e. The summed E-state index contributed by atoms with van der Waals surface area (Å²) in [4.78, 5) is 15.3. The van der Waals surface area contributed by atoms with Crippen LogP contribution in [0, 0.1) is 5.41 Å². The average Bonchev–Trinajstić information content (AvgIpc) is 3.23. The molecule has 162 valence electrons. The molecule has 29 heavy (non-hydrogen) atoms. The molecule has 1 aromatic rings. The number of anilines is 1. The fraction of sp³-hybridized carbons (Fsp3) is 0.696. The Labute approximate surface area is 174 Å². The number of ether oxygens (including phenoxy) is 3. The smallest absolute Gasteiger partial charge is 0.238 e. The van der Waals surface area contributed by atoms with Crippen molar-refractivity contribution >= 4 is 11.6 Å². The number of carbonyl (C=O) groups is 1. The highest BCUT2D eigenvalue weighted by atomic mass is 16.5. The predicted octanol–water partition coefficient (Wildman–Crippen LogP) is 4.09. The zero-order valence-corrected chi connectivity index (χ0v) is 18.3. The third kappa shape index (κ3) is 4.53. The van der Waals surface area contributed by atoms with E-state index in [4.69, 9.17) is 14.2 Å². The van der Waals surface area contributed by atoms with E-state index in [1.54, 1.807) is 20.3 Å². The molecule has 1 spiro atoms. The zero-order valence-electron chi connectivity index (χ0n) is 18.3. The SMILES string of the molecule is CCCN(CC(=O)Nc1cc(OC)ccc1OC)[C@H]1C[C@@H](OCC)C12CCCC2. The van der Waals surface area contributed by atoms with Crippen molar-refractivity contribution in [3.05, 3.63) is 18.2 Å². The van der Waals surface area contributed by atoms with Gasteiger partial charge in [0.05, 0.1) is 32.6 Å². The van der Waals surface area contributed by atoms with Crippen molar-refractivity contribution in [1.82, 2.24) is 4.90 Å². The molecule has 6 heteroatoms. The molecule has 2 fully saturated rings. The van der Waals surface area contributed by atoms with Crippen LogP contribution in [0.4, 0.5) is 5.69 Å². The molecule has 0 radical (unpaired) electrons. The Balaban J connectivity index is 1.70. The lowest BCUT2D eigenvalue weighted by Crippen LogP contribution is -2.64. The molecule has 2 aliphatic rings. The highest BCUT2D eigenvalue weighted by molar-refractivity contribution is 5.94. The van der Waals surface area contributed by atoms with Gasteiger partial charge < -0.3 is 19.5 Å². The molecular weight excluding hydrogens is 368 g/mol. The van der Waals surface area contributed by atoms with Gasteiger partial charge in [0, 0.05) is 24.1 Å². The van der Waals surface area contributed by atoms with Crippen LogP contribution in [-0.2, 0) is 9.53 Å². The molecule has 0 bridgehead atoms. The molecule has 3 rings (SSSR count). The maximum atomic E-state index is 12.9. The van der Waals surface area contributed by atoms with Gasteiger partial charge in [-0.05, 0) is 51.3 Å². The minimum atomic E-state index is -0.0157. The van der Waals surface area contributed by atoms with Crippen LogP contribution in [0.25, 0.3) is 0 Å². The van der Waals surface area contributed by atoms with Crippen LogP contribution in [-0.4, -0.2) is 56.9 Å². The number of nitrogens with zero attached hydrogens (tertiary/aromatic N) is 1. The van der Waals surface area contributed by atoms with Gasteiger partial charge in [-0.25, -0.2) is 0 Å². The molecule has 6 nitrogen and oxygen atoms in total. The first-order valence-electron chi connectivity index (χ1n) is 11.0. The highest BCUT2D eigenvalue weighted by Gasteiger charge is 2.58. The summed E-state index contributed by atoms with van der Waals surface area (Å²) >= 11 is 0. The van der Waals surface area contributed by atoms with Gasteiger partial charge in [-0.15, -0.1) is 0 Å². The second kappa shape index (κ2) is 9.81. The lowest BCUT2D eigenvalue weighted by Gasteiger charge is -2.57. The van der Waals surface area contributed by atoms with Gasteiger partial charge in [-0.3, -0.25) is 9.69 Å². The fourth-order valence-electron chi connectivity index (χ4n) is 5.28. The summed E-state index contributed by atoms with van der Waals surface area (Å²) in [5.41, 5.74) is 0.878. The van der Waals surface area contributed by atoms with E-state index in [9.17, 15) is 4.79 Å². The van der Waals surface area contributed by atoms with Gasteiger partial charge in [0.1, 0.15) is 11.5 Å². The van der Waals surface area contributed by atoms with E-state index >= 15 is 0 Å². The normalized spacial score (nSPS) is 22.5. The van der Waals surface area contributed by atoms with Crippen LogP contribution in [0.5, 0.6) is 11.5 Å². The summed E-state index contributed by atoms with van der Waals surface area (Å²) in [5.74, 6) is 1.31. The molecule has 0 aromatic heterocycles. The lowest BCUT2D eigenvalue weighted by atomic mass is 9.60. The Morgan fingerprint density at radius 2 is 1.97 bits per heavy atom. The first kappa shape index (κ1) is 21.9. The van der Waals surface area contributed by atoms with Gasteiger partial charge in [-0.2, -0.15) is 0 Å². The molecule has 1 N–H and O–H groups in total. The van der Waals surface area contributed by atoms with E-state index < -0.39 is 0 Å². The van der Waals surface area contributed by atoms with Gasteiger partial charge in [0.25, 0.3) is 0 Å². The van der Waals surface area contributed by atoms with Crippen molar-refractivity contribution in [2.45, 2.75) is 64.5 Å². The number of rotatable bonds is 10. The van der Waals surface area contributed by atoms with E-state index in [2.05, 4.69) is 24.1 Å². The number of carbonyl (C=O) groups excluding carboxylic acids is 1. The summed E-state index contributed by atoms with van der Waals surface area (Å²) in [6.07, 6.45) is 7.38. The molecule has 0 saturated heterocycles. The molecule has 2 aliphatic carbocycles. The molecule has 1 amide bonds. The van der Waals surface area contributed by atoms with Crippen molar-refractivity contribution in [2.75, 3.05) is 39.2 Å². The summed E-state index contributed by atoms with van der Waals surface area (Å²) in [5, 5.41) is 3.03. The summed E-state index contributed by atoms with van der Waals surface area (Å²) in [6.45, 7) is 6.33. The zero-order chi connectivity index (χ0) is 20.9. The van der Waals surface area contributed by atoms with Crippen LogP contribution in [0.2, 0.25) is 0 Å². The highest BCUT2D eigenvalue weighted by Crippen LogP contribution is 2.56. The van der Waals surface area contributed by atoms with Crippen LogP contribution >= 0.6 is 0 Å². The summed E-state index contributed by atoms with van der Waals surface area (Å²) in [6, 6.07) is 5.86. The molecule has 2 atom stereocenters. The first-order valence-corrected chi connectivity index (χ1v) is 11.0. The number of hydrogen-bond donors (Lipinski definition) is 1. The Morgan fingerprint density at radius 3 is 2.59 bits per heavy atom. The number of benzene rings is 1. The third-order valence-corrected chi connectivity index (χ3v) is 6.62. The van der Waals surface area contributed by atoms with Crippen molar-refractivity contribution in [2.24, 2.45) is 5.41 Å². The maximum absolute atomic E-state index is 12.9. The topological polar surface area (TPSA) is 60.0 Å². The third-order valence-electron chi connectivity index (χ3n) is 6.62. The molecule has 1 aromatic carbocycles. The first-order chi connectivity index (χ1) is 14.1. The second-order valence-corrected chi connectivity index (χ2v) is 8.22. The van der Waals surface area contributed by atoms with Crippen LogP contribution in [0.1, 0.15) is 52.4 Å². The molecule has 0 aliphatic heterocycles. The fourth-order valence-corrected chi connectivity index (χ4v) is 5.28. The van der Waals surface area contributed by atoms with E-state index in [0.717, 1.165) is 26.0 Å². The van der Waals surface area contributed by atoms with Crippen molar-refractivity contribution < 1.29 is 19.0 Å². The Hall–Kier alpha value is -1.79. The monoisotopic (exact) mass is 404 g/mol. The van der Waals surface area contributed by atoms with E-state index in [0.29, 0.717) is 35.9 Å². The number of amides is 1. The summed E-state index contributed by atoms with van der Waals surface area (Å²) < 4.78 is 16.8. The average molecular weight is 405 g/mol. The Kier molecular flexibility index (Phi) is 7.41. The number of hydrogen-bond acceptors (Lipinski definition) is 5. The van der Waals surface area contributed by atoms with Crippen LogP contribution in [0.15, 0.2) is 18.2 Å². The second-order valence-electron chi connectivity index (χ2n) is 8.22. The number of nitrogens with one attached hydrogen (secondary N) is 1. The van der Waals surface area contributed by atoms with E-state index in [1.165, 1.54) is 25.7 Å². The van der Waals surface area contributed by atoms with Crippen molar-refractivity contribution in [3.8, 4) is 11.5 Å². The van der Waals surface area contributed by atoms with E-state index in [1.807, 2.05) is 12.1 Å². The predicted molar refractivity (Wildman–Crippen MR) is 115 cm³/mol. The Morgan fingerprint density at radius 1 is 1.21 bits per heavy atom. The summed E-state index contributed by atoms with van der Waals surface area (Å²) in [7, 11) is 3.22. The molecule has 0 unspecified atom stereocenters. The molecular formula is C23H36N2O4. The van der Waals surface area contributed by atoms with Crippen molar-refractivity contribution in [1.29, 1.82) is 0 Å². The van der Waals surface area contributed by atoms with Gasteiger partial charge >= 0.3 is 0 Å². The van der Waals surface area contributed by atoms with Gasteiger partial charge in [-0.1, -0.05) is 19.8 Å². The molecule has 2 saturated carbocycles. The quantitative estimate of drug-likeness (QED) is 0.636. The van der Waals surface area contributed by atoms with Gasteiger partial charge in [0.2, 0.25) is 5.91 Å². The minimum Gasteiger partial charge on any atom is -0.497 e. The van der Waals surface area contributed by atoms with Crippen LogP contribution in [0.3, 0.4) is 0 Å². The van der Waals surface area contributed by atoms with E-state index in [-0.39, 0.29) is 11.3 Å². The van der Waals surface area contributed by atoms with Crippen molar-refractivity contribution in [3.63, 3.8) is 0 Å². The lowest BCUT2D eigenvalue weighted by molar-refractivity contribution is -0.166.